The minimum atomic E-state index is -0.444. The number of benzene rings is 1. The van der Waals surface area contributed by atoms with Crippen LogP contribution in [0, 0.1) is 5.82 Å². The zero-order valence-corrected chi connectivity index (χ0v) is 9.44. The van der Waals surface area contributed by atoms with Crippen LogP contribution in [0.25, 0.3) is 10.9 Å². The van der Waals surface area contributed by atoms with E-state index in [0.29, 0.717) is 22.7 Å². The van der Waals surface area contributed by atoms with Gasteiger partial charge in [-0.15, -0.1) is 0 Å². The molecule has 88 valence electrons. The van der Waals surface area contributed by atoms with Crippen LogP contribution in [0.4, 0.5) is 4.39 Å². The summed E-state index contributed by atoms with van der Waals surface area (Å²) >= 11 is 0. The molecule has 4 heteroatoms. The molecule has 0 atom stereocenters. The second kappa shape index (κ2) is 3.58. The van der Waals surface area contributed by atoms with E-state index in [2.05, 4.69) is 0 Å². The molecule has 1 aliphatic carbocycles. The summed E-state index contributed by atoms with van der Waals surface area (Å²) in [5.41, 5.74) is 0.526. The van der Waals surface area contributed by atoms with Gasteiger partial charge in [-0.3, -0.25) is 4.79 Å². The van der Waals surface area contributed by atoms with Crippen LogP contribution in [0.1, 0.15) is 18.9 Å². The molecule has 0 aliphatic heterocycles. The number of nitrogens with zero attached hydrogens (tertiary/aromatic N) is 1. The first-order chi connectivity index (χ1) is 8.20. The van der Waals surface area contributed by atoms with Gasteiger partial charge in [-0.05, 0) is 18.9 Å². The number of aromatic nitrogens is 1. The SMILES string of the molecule is COc1cc(F)cc2c(=O)ccn(C3CC3)c12. The summed E-state index contributed by atoms with van der Waals surface area (Å²) in [7, 11) is 1.49. The van der Waals surface area contributed by atoms with Gasteiger partial charge in [0.2, 0.25) is 0 Å². The van der Waals surface area contributed by atoms with Crippen LogP contribution in [0.5, 0.6) is 5.75 Å². The molecular formula is C13H12FNO2. The molecule has 1 heterocycles. The number of methoxy groups -OCH3 is 1. The van der Waals surface area contributed by atoms with Crippen molar-refractivity contribution >= 4 is 10.9 Å². The second-order valence-corrected chi connectivity index (χ2v) is 4.32. The molecule has 0 bridgehead atoms. The molecular weight excluding hydrogens is 221 g/mol. The first kappa shape index (κ1) is 10.3. The molecule has 0 amide bonds. The molecule has 0 N–H and O–H groups in total. The maximum atomic E-state index is 13.4. The van der Waals surface area contributed by atoms with Crippen molar-refractivity contribution in [3.63, 3.8) is 0 Å². The lowest BCUT2D eigenvalue weighted by molar-refractivity contribution is 0.413. The highest BCUT2D eigenvalue weighted by atomic mass is 19.1. The summed E-state index contributed by atoms with van der Waals surface area (Å²) in [6.45, 7) is 0. The van der Waals surface area contributed by atoms with Crippen LogP contribution in [-0.4, -0.2) is 11.7 Å². The van der Waals surface area contributed by atoms with Crippen molar-refractivity contribution < 1.29 is 9.13 Å². The number of ether oxygens (including phenoxy) is 1. The number of rotatable bonds is 2. The van der Waals surface area contributed by atoms with Gasteiger partial charge in [0.05, 0.1) is 18.0 Å². The van der Waals surface area contributed by atoms with Crippen molar-refractivity contribution in [2.75, 3.05) is 7.11 Å². The maximum Gasteiger partial charge on any atom is 0.189 e. The van der Waals surface area contributed by atoms with Crippen molar-refractivity contribution in [2.45, 2.75) is 18.9 Å². The Balaban J connectivity index is 2.44. The standard InChI is InChI=1S/C13H12FNO2/c1-17-12-7-8(14)6-10-11(16)4-5-15(13(10)12)9-2-3-9/h4-7,9H,2-3H2,1H3. The van der Waals surface area contributed by atoms with Crippen molar-refractivity contribution in [3.05, 3.63) is 40.4 Å². The summed E-state index contributed by atoms with van der Waals surface area (Å²) in [6.07, 6.45) is 3.96. The molecule has 2 aromatic rings. The normalized spacial score (nSPS) is 15.2. The Hall–Kier alpha value is -1.84. The molecule has 1 saturated carbocycles. The van der Waals surface area contributed by atoms with Gasteiger partial charge in [0, 0.05) is 24.4 Å². The first-order valence-electron chi connectivity index (χ1n) is 5.59. The van der Waals surface area contributed by atoms with Gasteiger partial charge in [-0.2, -0.15) is 0 Å². The zero-order valence-electron chi connectivity index (χ0n) is 9.44. The fraction of sp³-hybridized carbons (Fsp3) is 0.308. The molecule has 0 unspecified atom stereocenters. The van der Waals surface area contributed by atoms with Gasteiger partial charge in [-0.25, -0.2) is 4.39 Å². The summed E-state index contributed by atoms with van der Waals surface area (Å²) < 4.78 is 20.6. The van der Waals surface area contributed by atoms with Gasteiger partial charge < -0.3 is 9.30 Å². The van der Waals surface area contributed by atoms with Crippen molar-refractivity contribution in [2.24, 2.45) is 0 Å². The third-order valence-corrected chi connectivity index (χ3v) is 3.11. The van der Waals surface area contributed by atoms with Gasteiger partial charge >= 0.3 is 0 Å². The molecule has 0 saturated heterocycles. The molecule has 1 aliphatic rings. The fourth-order valence-electron chi connectivity index (χ4n) is 2.15. The summed E-state index contributed by atoms with van der Waals surface area (Å²) in [5.74, 6) is -0.0235. The van der Waals surface area contributed by atoms with Crippen LogP contribution in [0.15, 0.2) is 29.2 Å². The van der Waals surface area contributed by atoms with Crippen LogP contribution < -0.4 is 10.2 Å². The summed E-state index contributed by atoms with van der Waals surface area (Å²) in [6, 6.07) is 4.50. The third kappa shape index (κ3) is 1.60. The molecule has 0 radical (unpaired) electrons. The Morgan fingerprint density at radius 3 is 2.82 bits per heavy atom. The summed E-state index contributed by atoms with van der Waals surface area (Å²) in [4.78, 5) is 11.8. The Morgan fingerprint density at radius 2 is 2.18 bits per heavy atom. The second-order valence-electron chi connectivity index (χ2n) is 4.32. The average molecular weight is 233 g/mol. The molecule has 1 aromatic heterocycles. The third-order valence-electron chi connectivity index (χ3n) is 3.11. The molecule has 3 rings (SSSR count). The Morgan fingerprint density at radius 1 is 1.41 bits per heavy atom. The highest BCUT2D eigenvalue weighted by Crippen LogP contribution is 2.38. The van der Waals surface area contributed by atoms with E-state index in [1.807, 2.05) is 4.57 Å². The van der Waals surface area contributed by atoms with E-state index in [1.54, 1.807) is 6.20 Å². The van der Waals surface area contributed by atoms with Crippen LogP contribution in [0.3, 0.4) is 0 Å². The fourth-order valence-corrected chi connectivity index (χ4v) is 2.15. The Labute approximate surface area is 97.4 Å². The number of hydrogen-bond acceptors (Lipinski definition) is 2. The van der Waals surface area contributed by atoms with E-state index >= 15 is 0 Å². The van der Waals surface area contributed by atoms with Gasteiger partial charge in [0.1, 0.15) is 11.6 Å². The van der Waals surface area contributed by atoms with Crippen molar-refractivity contribution in [3.8, 4) is 5.75 Å². The van der Waals surface area contributed by atoms with Crippen LogP contribution >= 0.6 is 0 Å². The van der Waals surface area contributed by atoms with Gasteiger partial charge in [0.15, 0.2) is 5.43 Å². The quantitative estimate of drug-likeness (QED) is 0.798. The van der Waals surface area contributed by atoms with Gasteiger partial charge in [0.25, 0.3) is 0 Å². The van der Waals surface area contributed by atoms with Crippen molar-refractivity contribution in [1.29, 1.82) is 0 Å². The molecule has 1 aromatic carbocycles. The van der Waals surface area contributed by atoms with E-state index in [9.17, 15) is 9.18 Å². The predicted molar refractivity (Wildman–Crippen MR) is 63.0 cm³/mol. The minimum absolute atomic E-state index is 0.172. The average Bonchev–Trinajstić information content (AvgIpc) is 3.13. The smallest absolute Gasteiger partial charge is 0.189 e. The van der Waals surface area contributed by atoms with E-state index in [1.165, 1.54) is 25.3 Å². The molecule has 17 heavy (non-hydrogen) atoms. The number of hydrogen-bond donors (Lipinski definition) is 0. The lowest BCUT2D eigenvalue weighted by Crippen LogP contribution is -2.08. The van der Waals surface area contributed by atoms with E-state index < -0.39 is 5.82 Å². The Kier molecular flexibility index (Phi) is 2.18. The van der Waals surface area contributed by atoms with Crippen molar-refractivity contribution in [1.82, 2.24) is 4.57 Å². The number of fused-ring (bicyclic) bond motifs is 1. The van der Waals surface area contributed by atoms with Crippen LogP contribution in [-0.2, 0) is 0 Å². The highest BCUT2D eigenvalue weighted by Gasteiger charge is 2.25. The lowest BCUT2D eigenvalue weighted by atomic mass is 10.2. The first-order valence-corrected chi connectivity index (χ1v) is 5.59. The zero-order chi connectivity index (χ0) is 12.0. The highest BCUT2D eigenvalue weighted by molar-refractivity contribution is 5.85. The molecule has 1 fully saturated rings. The monoisotopic (exact) mass is 233 g/mol. The Bertz CT molecular complexity index is 644. The lowest BCUT2D eigenvalue weighted by Gasteiger charge is -2.13. The van der Waals surface area contributed by atoms with E-state index in [0.717, 1.165) is 12.8 Å². The minimum Gasteiger partial charge on any atom is -0.494 e. The maximum absolute atomic E-state index is 13.4. The van der Waals surface area contributed by atoms with Gasteiger partial charge in [-0.1, -0.05) is 0 Å². The van der Waals surface area contributed by atoms with Crippen LogP contribution in [0.2, 0.25) is 0 Å². The largest absolute Gasteiger partial charge is 0.494 e. The predicted octanol–water partition coefficient (Wildman–Crippen LogP) is 2.48. The summed E-state index contributed by atoms with van der Waals surface area (Å²) in [5, 5.41) is 0.385. The van der Waals surface area contributed by atoms with E-state index in [-0.39, 0.29) is 5.43 Å². The number of pyridine rings is 1. The molecule has 3 nitrogen and oxygen atoms in total. The topological polar surface area (TPSA) is 31.2 Å². The molecule has 0 spiro atoms. The number of halogens is 1. The van der Waals surface area contributed by atoms with E-state index in [4.69, 9.17) is 4.74 Å².